The average molecular weight is 661 g/mol. The quantitative estimate of drug-likeness (QED) is 0.325. The fraction of sp³-hybridized carbons (Fsp3) is 0.594. The Morgan fingerprint density at radius 3 is 2.12 bits per heavy atom. The Kier molecular flexibility index (Phi) is 8.17. The van der Waals surface area contributed by atoms with Crippen LogP contribution in [0.1, 0.15) is 67.9 Å². The van der Waals surface area contributed by atoms with Crippen LogP contribution in [0.3, 0.4) is 0 Å². The van der Waals surface area contributed by atoms with Crippen LogP contribution in [0.15, 0.2) is 35.9 Å². The minimum absolute atomic E-state index is 0.0302. The zero-order valence-corrected chi connectivity index (χ0v) is 28.0. The van der Waals surface area contributed by atoms with E-state index in [0.717, 1.165) is 21.6 Å². The number of carbonyl (C=O) groups excluding carboxylic acids is 5. The van der Waals surface area contributed by atoms with Crippen LogP contribution < -0.4 is 5.32 Å². The van der Waals surface area contributed by atoms with Crippen molar-refractivity contribution in [2.75, 3.05) is 26.2 Å². The standard InChI is InChI=1S/C32H42BrN3O7/c1-19-21(20-13-11-10-12-14-20)30(8)22-23(37)36(25(39)32(22,33)31(19,9)24(30)38)18-17-35(27(41)43-29(5,6)7)16-15-34-26(40)42-28(2,3)4/h10-14,22H,15-18H2,1-9H3,(H,34,40). The molecule has 43 heavy (non-hydrogen) atoms. The van der Waals surface area contributed by atoms with Gasteiger partial charge in [0, 0.05) is 26.2 Å². The Hall–Kier alpha value is -3.21. The van der Waals surface area contributed by atoms with Crippen molar-refractivity contribution in [2.45, 2.75) is 77.8 Å². The second kappa shape index (κ2) is 10.7. The number of hydrogen-bond donors (Lipinski definition) is 1. The monoisotopic (exact) mass is 659 g/mol. The molecule has 0 radical (unpaired) electrons. The fourth-order valence-corrected chi connectivity index (χ4v) is 8.18. The van der Waals surface area contributed by atoms with E-state index in [2.05, 4.69) is 21.2 Å². The number of nitrogens with zero attached hydrogens (tertiary/aromatic N) is 2. The molecule has 1 saturated heterocycles. The summed E-state index contributed by atoms with van der Waals surface area (Å²) in [6.45, 7) is 15.8. The molecule has 4 rings (SSSR count). The van der Waals surface area contributed by atoms with Crippen LogP contribution in [0.2, 0.25) is 0 Å². The largest absolute Gasteiger partial charge is 0.444 e. The van der Waals surface area contributed by atoms with E-state index >= 15 is 0 Å². The number of ether oxygens (including phenoxy) is 2. The number of hydrogen-bond acceptors (Lipinski definition) is 7. The van der Waals surface area contributed by atoms with E-state index in [1.54, 1.807) is 55.4 Å². The highest BCUT2D eigenvalue weighted by atomic mass is 79.9. The first-order valence-electron chi connectivity index (χ1n) is 14.5. The normalized spacial score (nSPS) is 28.4. The highest BCUT2D eigenvalue weighted by Crippen LogP contribution is 2.75. The van der Waals surface area contributed by atoms with E-state index in [9.17, 15) is 24.0 Å². The van der Waals surface area contributed by atoms with Crippen molar-refractivity contribution in [3.63, 3.8) is 0 Å². The predicted octanol–water partition coefficient (Wildman–Crippen LogP) is 4.95. The zero-order chi connectivity index (χ0) is 32.3. The third-order valence-corrected chi connectivity index (χ3v) is 10.3. The summed E-state index contributed by atoms with van der Waals surface area (Å²) in [5, 5.41) is 2.62. The summed E-state index contributed by atoms with van der Waals surface area (Å²) in [6.07, 6.45) is -1.28. The van der Waals surface area contributed by atoms with Crippen molar-refractivity contribution < 1.29 is 33.4 Å². The molecule has 4 atom stereocenters. The zero-order valence-electron chi connectivity index (χ0n) is 26.4. The average Bonchev–Trinajstić information content (AvgIpc) is 3.24. The maximum atomic E-state index is 14.1. The van der Waals surface area contributed by atoms with Gasteiger partial charge in [-0.2, -0.15) is 0 Å². The molecular formula is C32H42BrN3O7. The number of carbonyl (C=O) groups is 5. The minimum Gasteiger partial charge on any atom is -0.444 e. The number of likely N-dealkylation sites (tertiary alicyclic amines) is 1. The van der Waals surface area contributed by atoms with Gasteiger partial charge in [0.15, 0.2) is 5.78 Å². The number of imide groups is 1. The van der Waals surface area contributed by atoms with Gasteiger partial charge in [-0.05, 0) is 73.5 Å². The Bertz CT molecular complexity index is 1400. The van der Waals surface area contributed by atoms with Crippen LogP contribution >= 0.6 is 15.9 Å². The summed E-state index contributed by atoms with van der Waals surface area (Å²) in [7, 11) is 0. The second-order valence-corrected chi connectivity index (χ2v) is 15.1. The van der Waals surface area contributed by atoms with E-state index in [0.29, 0.717) is 0 Å². The number of fused-ring (bicyclic) bond motifs is 5. The molecule has 1 N–H and O–H groups in total. The van der Waals surface area contributed by atoms with Crippen molar-refractivity contribution in [2.24, 2.45) is 16.7 Å². The smallest absolute Gasteiger partial charge is 0.410 e. The van der Waals surface area contributed by atoms with E-state index in [1.165, 1.54) is 4.90 Å². The summed E-state index contributed by atoms with van der Waals surface area (Å²) < 4.78 is 9.39. The van der Waals surface area contributed by atoms with Gasteiger partial charge in [-0.25, -0.2) is 9.59 Å². The number of allylic oxidation sites excluding steroid dienone is 2. The molecule has 4 amide bonds. The summed E-state index contributed by atoms with van der Waals surface area (Å²) in [5.41, 5.74) is -1.52. The lowest BCUT2D eigenvalue weighted by molar-refractivity contribution is -0.144. The van der Waals surface area contributed by atoms with E-state index in [1.807, 2.05) is 37.3 Å². The molecule has 1 aromatic rings. The van der Waals surface area contributed by atoms with Gasteiger partial charge < -0.3 is 19.7 Å². The second-order valence-electron chi connectivity index (χ2n) is 13.9. The molecule has 1 saturated carbocycles. The van der Waals surface area contributed by atoms with Gasteiger partial charge in [0.2, 0.25) is 11.8 Å². The number of alkyl carbamates (subject to hydrolysis) is 1. The fourth-order valence-electron chi connectivity index (χ4n) is 6.83. The van der Waals surface area contributed by atoms with Gasteiger partial charge >= 0.3 is 12.2 Å². The maximum Gasteiger partial charge on any atom is 0.410 e. The van der Waals surface area contributed by atoms with Crippen molar-refractivity contribution >= 4 is 51.3 Å². The Morgan fingerprint density at radius 2 is 1.56 bits per heavy atom. The van der Waals surface area contributed by atoms with E-state index in [4.69, 9.17) is 9.47 Å². The summed E-state index contributed by atoms with van der Waals surface area (Å²) in [5.74, 6) is -2.06. The molecular weight excluding hydrogens is 618 g/mol. The molecule has 11 heteroatoms. The molecule has 0 spiro atoms. The van der Waals surface area contributed by atoms with Crippen LogP contribution in [0.5, 0.6) is 0 Å². The highest BCUT2D eigenvalue weighted by Gasteiger charge is 2.84. The molecule has 3 aliphatic rings. The first-order chi connectivity index (χ1) is 19.7. The number of rotatable bonds is 7. The molecule has 234 valence electrons. The molecule has 2 fully saturated rings. The number of nitrogens with one attached hydrogen (secondary N) is 1. The van der Waals surface area contributed by atoms with Crippen molar-refractivity contribution in [3.05, 3.63) is 41.5 Å². The van der Waals surface area contributed by atoms with E-state index in [-0.39, 0.29) is 32.0 Å². The highest BCUT2D eigenvalue weighted by molar-refractivity contribution is 9.10. The molecule has 2 aliphatic carbocycles. The number of amides is 4. The molecule has 1 aromatic carbocycles. The number of halogens is 1. The summed E-state index contributed by atoms with van der Waals surface area (Å²) in [6, 6.07) is 9.49. The Balaban J connectivity index is 1.58. The van der Waals surface area contributed by atoms with Crippen molar-refractivity contribution in [3.8, 4) is 0 Å². The minimum atomic E-state index is -1.44. The Labute approximate surface area is 261 Å². The first kappa shape index (κ1) is 32.7. The lowest BCUT2D eigenvalue weighted by atomic mass is 9.64. The van der Waals surface area contributed by atoms with E-state index < -0.39 is 56.3 Å². The predicted molar refractivity (Wildman–Crippen MR) is 164 cm³/mol. The van der Waals surface area contributed by atoms with Gasteiger partial charge in [-0.15, -0.1) is 0 Å². The summed E-state index contributed by atoms with van der Waals surface area (Å²) >= 11 is 3.67. The van der Waals surface area contributed by atoms with Crippen LogP contribution in [0.25, 0.3) is 5.57 Å². The van der Waals surface area contributed by atoms with Crippen LogP contribution in [0, 0.1) is 16.7 Å². The lowest BCUT2D eigenvalue weighted by Gasteiger charge is -2.40. The van der Waals surface area contributed by atoms with Crippen LogP contribution in [-0.2, 0) is 23.9 Å². The molecule has 2 bridgehead atoms. The summed E-state index contributed by atoms with van der Waals surface area (Å²) in [4.78, 5) is 70.0. The number of Topliss-reactive ketones (excluding diaryl/α,β-unsaturated/α-hetero) is 1. The Morgan fingerprint density at radius 1 is 0.977 bits per heavy atom. The van der Waals surface area contributed by atoms with Gasteiger partial charge in [0.05, 0.1) is 16.7 Å². The van der Waals surface area contributed by atoms with Crippen molar-refractivity contribution in [1.29, 1.82) is 0 Å². The SMILES string of the molecule is CC1=C(c2ccccc2)C2(C)C(=O)C1(C)C1(Br)C(=O)N(CCN(CCNC(=O)OC(C)(C)C)C(=O)OC(C)(C)C)C(=O)C21. The van der Waals surface area contributed by atoms with Crippen LogP contribution in [-0.4, -0.2) is 81.3 Å². The third kappa shape index (κ3) is 5.17. The van der Waals surface area contributed by atoms with Gasteiger partial charge in [-0.1, -0.05) is 51.8 Å². The third-order valence-electron chi connectivity index (χ3n) is 8.70. The topological polar surface area (TPSA) is 122 Å². The molecule has 4 unspecified atom stereocenters. The maximum absolute atomic E-state index is 14.1. The molecule has 0 aromatic heterocycles. The van der Waals surface area contributed by atoms with Gasteiger partial charge in [0.25, 0.3) is 0 Å². The van der Waals surface area contributed by atoms with Gasteiger partial charge in [-0.3, -0.25) is 19.3 Å². The first-order valence-corrected chi connectivity index (χ1v) is 15.3. The molecule has 1 aliphatic heterocycles. The lowest BCUT2D eigenvalue weighted by Crippen LogP contribution is -2.51. The number of benzene rings is 1. The number of ketones is 1. The van der Waals surface area contributed by atoms with Crippen LogP contribution in [0.4, 0.5) is 9.59 Å². The number of alkyl halides is 1. The molecule has 1 heterocycles. The van der Waals surface area contributed by atoms with Gasteiger partial charge in [0.1, 0.15) is 15.5 Å². The van der Waals surface area contributed by atoms with Crippen molar-refractivity contribution in [1.82, 2.24) is 15.1 Å². The molecule has 10 nitrogen and oxygen atoms in total.